The van der Waals surface area contributed by atoms with Gasteiger partial charge in [0.1, 0.15) is 0 Å². The molecule has 9 nitrogen and oxygen atoms in total. The Morgan fingerprint density at radius 2 is 1.59 bits per heavy atom. The molecule has 0 bridgehead atoms. The van der Waals surface area contributed by atoms with Gasteiger partial charge in [0.2, 0.25) is 11.8 Å². The molecule has 3 fully saturated rings. The molecule has 1 saturated carbocycles. The number of ether oxygens (including phenoxy) is 1. The molecule has 1 aromatic carbocycles. The zero-order chi connectivity index (χ0) is 23.7. The Bertz CT molecular complexity index is 982. The number of amides is 4. The summed E-state index contributed by atoms with van der Waals surface area (Å²) in [5, 5.41) is 11.7. The molecule has 1 aliphatic carbocycles. The number of benzene rings is 1. The Hall–Kier alpha value is -2.78. The summed E-state index contributed by atoms with van der Waals surface area (Å²) in [7, 11) is 0. The molecule has 3 aliphatic heterocycles. The summed E-state index contributed by atoms with van der Waals surface area (Å²) in [4.78, 5) is 49.2. The van der Waals surface area contributed by atoms with E-state index in [1.165, 1.54) is 0 Å². The summed E-state index contributed by atoms with van der Waals surface area (Å²) in [5.41, 5.74) is 1.23. The van der Waals surface area contributed by atoms with Crippen LogP contribution in [0.1, 0.15) is 72.1 Å². The van der Waals surface area contributed by atoms with Crippen LogP contribution in [0.2, 0.25) is 0 Å². The lowest BCUT2D eigenvalue weighted by molar-refractivity contribution is -0.137. The molecule has 4 N–H and O–H groups in total. The molecule has 1 aromatic rings. The van der Waals surface area contributed by atoms with Gasteiger partial charge in [-0.3, -0.25) is 29.8 Å². The van der Waals surface area contributed by atoms with Crippen molar-refractivity contribution in [1.29, 1.82) is 0 Å². The predicted molar refractivity (Wildman–Crippen MR) is 124 cm³/mol. The standard InChI is InChI=1S/C25H32N4O5/c30-20-9-8-18(24(32)28-20)22(27-19-3-1-2-17-21(19)25(33)29-23(17)31)14-4-6-15(7-5-14)34-16-10-12-26-13-11-16/h1-3,14-16,18,22,26-27H,4-13H2,(H,28,30,32)(H,29,31,33)/t14?,15?,18-,22-/m1/s1. The van der Waals surface area contributed by atoms with Gasteiger partial charge in [-0.2, -0.15) is 0 Å². The predicted octanol–water partition coefficient (Wildman–Crippen LogP) is 1.73. The Morgan fingerprint density at radius 3 is 2.32 bits per heavy atom. The van der Waals surface area contributed by atoms with Crippen LogP contribution in [0.4, 0.5) is 5.69 Å². The van der Waals surface area contributed by atoms with E-state index in [4.69, 9.17) is 4.74 Å². The van der Waals surface area contributed by atoms with Crippen LogP contribution in [0.15, 0.2) is 18.2 Å². The van der Waals surface area contributed by atoms with E-state index in [2.05, 4.69) is 21.3 Å². The molecule has 4 amide bonds. The highest BCUT2D eigenvalue weighted by atomic mass is 16.5. The Kier molecular flexibility index (Phi) is 6.65. The van der Waals surface area contributed by atoms with Gasteiger partial charge in [-0.15, -0.1) is 0 Å². The Morgan fingerprint density at radius 1 is 0.853 bits per heavy atom. The average molecular weight is 469 g/mol. The molecule has 3 heterocycles. The molecule has 0 aromatic heterocycles. The number of anilines is 1. The van der Waals surface area contributed by atoms with Crippen LogP contribution in [0, 0.1) is 11.8 Å². The number of imide groups is 2. The van der Waals surface area contributed by atoms with Crippen molar-refractivity contribution in [2.75, 3.05) is 18.4 Å². The molecule has 2 atom stereocenters. The molecule has 0 unspecified atom stereocenters. The third-order valence-electron chi connectivity index (χ3n) is 7.70. The van der Waals surface area contributed by atoms with E-state index in [9.17, 15) is 19.2 Å². The van der Waals surface area contributed by atoms with Crippen LogP contribution in [0.3, 0.4) is 0 Å². The van der Waals surface area contributed by atoms with Crippen molar-refractivity contribution >= 4 is 29.3 Å². The largest absolute Gasteiger partial charge is 0.381 e. The van der Waals surface area contributed by atoms with Crippen molar-refractivity contribution in [2.24, 2.45) is 11.8 Å². The second-order valence-electron chi connectivity index (χ2n) is 9.86. The topological polar surface area (TPSA) is 126 Å². The van der Waals surface area contributed by atoms with Gasteiger partial charge >= 0.3 is 0 Å². The van der Waals surface area contributed by atoms with E-state index in [1.807, 2.05) is 0 Å². The number of rotatable bonds is 6. The number of carbonyl (C=O) groups is 4. The number of piperidine rings is 2. The van der Waals surface area contributed by atoms with Gasteiger partial charge in [0.15, 0.2) is 0 Å². The molecule has 5 rings (SSSR count). The third-order valence-corrected chi connectivity index (χ3v) is 7.70. The molecule has 0 spiro atoms. The highest BCUT2D eigenvalue weighted by Crippen LogP contribution is 2.37. The number of hydrogen-bond acceptors (Lipinski definition) is 7. The molecular formula is C25H32N4O5. The van der Waals surface area contributed by atoms with Gasteiger partial charge in [0.25, 0.3) is 11.8 Å². The summed E-state index contributed by atoms with van der Waals surface area (Å²) >= 11 is 0. The SMILES string of the molecule is O=C1CC[C@H]([C@H](Nc2cccc3c2C(=O)NC3=O)C2CCC(OC3CCNCC3)CC2)C(=O)N1. The second-order valence-corrected chi connectivity index (χ2v) is 9.86. The summed E-state index contributed by atoms with van der Waals surface area (Å²) in [6.45, 7) is 2.00. The Balaban J connectivity index is 1.33. The first kappa shape index (κ1) is 23.0. The molecule has 0 radical (unpaired) electrons. The molecule has 182 valence electrons. The highest BCUT2D eigenvalue weighted by molar-refractivity contribution is 6.23. The first-order valence-electron chi connectivity index (χ1n) is 12.4. The summed E-state index contributed by atoms with van der Waals surface area (Å²) in [6, 6.07) is 4.90. The maximum atomic E-state index is 12.8. The zero-order valence-electron chi connectivity index (χ0n) is 19.2. The molecule has 4 aliphatic rings. The van der Waals surface area contributed by atoms with Gasteiger partial charge in [-0.25, -0.2) is 0 Å². The monoisotopic (exact) mass is 468 g/mol. The number of nitrogens with one attached hydrogen (secondary N) is 4. The lowest BCUT2D eigenvalue weighted by Gasteiger charge is -2.40. The smallest absolute Gasteiger partial charge is 0.261 e. The van der Waals surface area contributed by atoms with Crippen molar-refractivity contribution in [2.45, 2.75) is 69.6 Å². The fourth-order valence-corrected chi connectivity index (χ4v) is 5.91. The maximum Gasteiger partial charge on any atom is 0.261 e. The fraction of sp³-hybridized carbons (Fsp3) is 0.600. The van der Waals surface area contributed by atoms with Crippen LogP contribution in [0.25, 0.3) is 0 Å². The van der Waals surface area contributed by atoms with Gasteiger partial charge < -0.3 is 15.4 Å². The molecule has 2 saturated heterocycles. The van der Waals surface area contributed by atoms with Gasteiger partial charge in [-0.05, 0) is 76.1 Å². The Labute approximate surface area is 198 Å². The van der Waals surface area contributed by atoms with Crippen LogP contribution in [-0.4, -0.2) is 55.0 Å². The lowest BCUT2D eigenvalue weighted by atomic mass is 9.75. The minimum absolute atomic E-state index is 0.188. The first-order chi connectivity index (χ1) is 16.5. The normalized spacial score (nSPS) is 28.8. The number of fused-ring (bicyclic) bond motifs is 1. The van der Waals surface area contributed by atoms with E-state index >= 15 is 0 Å². The first-order valence-corrected chi connectivity index (χ1v) is 12.4. The molecule has 9 heteroatoms. The van der Waals surface area contributed by atoms with Crippen LogP contribution in [0.5, 0.6) is 0 Å². The van der Waals surface area contributed by atoms with Crippen molar-refractivity contribution < 1.29 is 23.9 Å². The molecule has 34 heavy (non-hydrogen) atoms. The zero-order valence-corrected chi connectivity index (χ0v) is 19.2. The van der Waals surface area contributed by atoms with Crippen molar-refractivity contribution in [3.63, 3.8) is 0 Å². The second kappa shape index (κ2) is 9.84. The summed E-state index contributed by atoms with van der Waals surface area (Å²) < 4.78 is 6.37. The third kappa shape index (κ3) is 4.72. The van der Waals surface area contributed by atoms with Gasteiger partial charge in [-0.1, -0.05) is 6.07 Å². The quantitative estimate of drug-likeness (QED) is 0.469. The van der Waals surface area contributed by atoms with E-state index < -0.39 is 11.8 Å². The summed E-state index contributed by atoms with van der Waals surface area (Å²) in [5.74, 6) is -1.55. The average Bonchev–Trinajstić information content (AvgIpc) is 3.13. The highest BCUT2D eigenvalue weighted by Gasteiger charge is 2.40. The van der Waals surface area contributed by atoms with Crippen molar-refractivity contribution in [1.82, 2.24) is 16.0 Å². The minimum atomic E-state index is -0.427. The fourth-order valence-electron chi connectivity index (χ4n) is 5.91. The van der Waals surface area contributed by atoms with E-state index in [0.29, 0.717) is 35.8 Å². The summed E-state index contributed by atoms with van der Waals surface area (Å²) in [6.07, 6.45) is 7.03. The number of hydrogen-bond donors (Lipinski definition) is 4. The maximum absolute atomic E-state index is 12.8. The number of carbonyl (C=O) groups excluding carboxylic acids is 4. The lowest BCUT2D eigenvalue weighted by Crippen LogP contribution is -2.51. The van der Waals surface area contributed by atoms with Crippen LogP contribution >= 0.6 is 0 Å². The van der Waals surface area contributed by atoms with E-state index in [-0.39, 0.29) is 35.8 Å². The van der Waals surface area contributed by atoms with Crippen molar-refractivity contribution in [3.05, 3.63) is 29.3 Å². The van der Waals surface area contributed by atoms with Crippen LogP contribution < -0.4 is 21.3 Å². The van der Waals surface area contributed by atoms with E-state index in [1.54, 1.807) is 18.2 Å². The molecular weight excluding hydrogens is 436 g/mol. The minimum Gasteiger partial charge on any atom is -0.381 e. The van der Waals surface area contributed by atoms with E-state index in [0.717, 1.165) is 51.6 Å². The van der Waals surface area contributed by atoms with Gasteiger partial charge in [0, 0.05) is 18.2 Å². The van der Waals surface area contributed by atoms with Crippen molar-refractivity contribution in [3.8, 4) is 0 Å². The van der Waals surface area contributed by atoms with Gasteiger partial charge in [0.05, 0.1) is 29.3 Å². The van der Waals surface area contributed by atoms with Crippen LogP contribution in [-0.2, 0) is 14.3 Å².